The summed E-state index contributed by atoms with van der Waals surface area (Å²) in [6, 6.07) is 18.0. The molecule has 0 amide bonds. The van der Waals surface area contributed by atoms with Gasteiger partial charge in [0.15, 0.2) is 5.82 Å². The highest BCUT2D eigenvalue weighted by molar-refractivity contribution is 5.60. The second kappa shape index (κ2) is 7.68. The summed E-state index contributed by atoms with van der Waals surface area (Å²) >= 11 is 0. The van der Waals surface area contributed by atoms with Crippen LogP contribution >= 0.6 is 0 Å². The van der Waals surface area contributed by atoms with Gasteiger partial charge < -0.3 is 10.1 Å². The Morgan fingerprint density at radius 1 is 1.00 bits per heavy atom. The minimum Gasteiger partial charge on any atom is -0.496 e. The molecule has 4 aromatic rings. The van der Waals surface area contributed by atoms with Crippen LogP contribution in [0.2, 0.25) is 0 Å². The molecular weight excluding hydrogens is 350 g/mol. The highest BCUT2D eigenvalue weighted by Gasteiger charge is 2.16. The molecule has 0 saturated heterocycles. The first kappa shape index (κ1) is 18.0. The summed E-state index contributed by atoms with van der Waals surface area (Å²) in [5.41, 5.74) is 4.15. The predicted octanol–water partition coefficient (Wildman–Crippen LogP) is 4.28. The number of rotatable bonds is 6. The Morgan fingerprint density at radius 3 is 2.50 bits per heavy atom. The number of benzene rings is 2. The molecule has 0 saturated carbocycles. The largest absolute Gasteiger partial charge is 0.496 e. The number of hydrogen-bond acceptors (Lipinski definition) is 5. The zero-order chi connectivity index (χ0) is 19.5. The van der Waals surface area contributed by atoms with E-state index >= 15 is 0 Å². The van der Waals surface area contributed by atoms with Crippen LogP contribution in [0.1, 0.15) is 23.7 Å². The Labute approximate surface area is 164 Å². The number of methoxy groups -OCH3 is 1. The number of aromatic nitrogens is 4. The number of anilines is 1. The summed E-state index contributed by atoms with van der Waals surface area (Å²) in [5.74, 6) is 3.04. The SMILES string of the molecule is CCc1c(C)nc2nc(-c3ccccc3)nn2c1NCc1ccccc1OC. The monoisotopic (exact) mass is 373 g/mol. The molecule has 2 aromatic heterocycles. The third-order valence-corrected chi connectivity index (χ3v) is 4.82. The standard InChI is InChI=1S/C22H23N5O/c1-4-18-15(2)24-22-25-20(16-10-6-5-7-11-16)26-27(22)21(18)23-14-17-12-8-9-13-19(17)28-3/h5-13,23H,4,14H2,1-3H3. The van der Waals surface area contributed by atoms with Gasteiger partial charge in [-0.25, -0.2) is 4.98 Å². The molecule has 0 atom stereocenters. The lowest BCUT2D eigenvalue weighted by molar-refractivity contribution is 0.410. The molecule has 4 rings (SSSR count). The zero-order valence-electron chi connectivity index (χ0n) is 16.3. The van der Waals surface area contributed by atoms with Gasteiger partial charge in [0, 0.05) is 28.9 Å². The summed E-state index contributed by atoms with van der Waals surface area (Å²) in [6.07, 6.45) is 0.851. The number of para-hydroxylation sites is 1. The first-order valence-electron chi connectivity index (χ1n) is 9.38. The van der Waals surface area contributed by atoms with E-state index in [1.165, 1.54) is 0 Å². The molecule has 0 spiro atoms. The van der Waals surface area contributed by atoms with Crippen LogP contribution in [0.3, 0.4) is 0 Å². The molecule has 0 radical (unpaired) electrons. The number of fused-ring (bicyclic) bond motifs is 1. The number of hydrogen-bond donors (Lipinski definition) is 1. The van der Waals surface area contributed by atoms with Crippen molar-refractivity contribution in [3.05, 3.63) is 71.4 Å². The first-order valence-corrected chi connectivity index (χ1v) is 9.38. The Kier molecular flexibility index (Phi) is 4.93. The average molecular weight is 373 g/mol. The van der Waals surface area contributed by atoms with Crippen molar-refractivity contribution < 1.29 is 4.74 Å². The van der Waals surface area contributed by atoms with E-state index in [9.17, 15) is 0 Å². The van der Waals surface area contributed by atoms with E-state index in [4.69, 9.17) is 9.84 Å². The van der Waals surface area contributed by atoms with Gasteiger partial charge in [0.2, 0.25) is 0 Å². The lowest BCUT2D eigenvalue weighted by Gasteiger charge is -2.15. The molecule has 2 heterocycles. The van der Waals surface area contributed by atoms with Crippen molar-refractivity contribution in [1.29, 1.82) is 0 Å². The Bertz CT molecular complexity index is 1100. The van der Waals surface area contributed by atoms with Crippen LogP contribution in [0.25, 0.3) is 17.2 Å². The van der Waals surface area contributed by atoms with Gasteiger partial charge in [0.1, 0.15) is 11.6 Å². The number of nitrogens with zero attached hydrogens (tertiary/aromatic N) is 4. The average Bonchev–Trinajstić information content (AvgIpc) is 3.16. The maximum Gasteiger partial charge on any atom is 0.254 e. The van der Waals surface area contributed by atoms with Crippen LogP contribution in [-0.2, 0) is 13.0 Å². The van der Waals surface area contributed by atoms with Crippen molar-refractivity contribution in [2.45, 2.75) is 26.8 Å². The van der Waals surface area contributed by atoms with Crippen molar-refractivity contribution in [1.82, 2.24) is 19.6 Å². The number of ether oxygens (including phenoxy) is 1. The normalized spacial score (nSPS) is 11.0. The molecule has 0 fully saturated rings. The fraction of sp³-hybridized carbons (Fsp3) is 0.227. The molecule has 6 heteroatoms. The molecule has 2 aromatic carbocycles. The Balaban J connectivity index is 1.78. The molecule has 0 bridgehead atoms. The van der Waals surface area contributed by atoms with Gasteiger partial charge in [0.05, 0.1) is 7.11 Å². The van der Waals surface area contributed by atoms with Gasteiger partial charge in [-0.15, -0.1) is 5.10 Å². The van der Waals surface area contributed by atoms with E-state index in [0.717, 1.165) is 40.4 Å². The van der Waals surface area contributed by atoms with Gasteiger partial charge in [-0.05, 0) is 19.4 Å². The van der Waals surface area contributed by atoms with Crippen molar-refractivity contribution in [2.24, 2.45) is 0 Å². The topological polar surface area (TPSA) is 64.3 Å². The molecule has 28 heavy (non-hydrogen) atoms. The fourth-order valence-electron chi connectivity index (χ4n) is 3.39. The second-order valence-corrected chi connectivity index (χ2v) is 6.56. The van der Waals surface area contributed by atoms with E-state index in [2.05, 4.69) is 28.3 Å². The first-order chi connectivity index (χ1) is 13.7. The summed E-state index contributed by atoms with van der Waals surface area (Å²) < 4.78 is 7.29. The van der Waals surface area contributed by atoms with E-state index in [0.29, 0.717) is 18.1 Å². The van der Waals surface area contributed by atoms with E-state index in [-0.39, 0.29) is 0 Å². The molecular formula is C22H23N5O. The van der Waals surface area contributed by atoms with Gasteiger partial charge in [-0.2, -0.15) is 9.50 Å². The van der Waals surface area contributed by atoms with Crippen LogP contribution in [0.15, 0.2) is 54.6 Å². The van der Waals surface area contributed by atoms with E-state index < -0.39 is 0 Å². The van der Waals surface area contributed by atoms with Crippen molar-refractivity contribution in [2.75, 3.05) is 12.4 Å². The summed E-state index contributed by atoms with van der Waals surface area (Å²) in [7, 11) is 1.69. The van der Waals surface area contributed by atoms with Gasteiger partial charge in [-0.1, -0.05) is 55.5 Å². The molecule has 142 valence electrons. The minimum absolute atomic E-state index is 0.594. The van der Waals surface area contributed by atoms with Crippen molar-refractivity contribution in [3.8, 4) is 17.1 Å². The van der Waals surface area contributed by atoms with Crippen molar-refractivity contribution in [3.63, 3.8) is 0 Å². The maximum atomic E-state index is 5.48. The molecule has 1 N–H and O–H groups in total. The highest BCUT2D eigenvalue weighted by atomic mass is 16.5. The Hall–Kier alpha value is -3.41. The van der Waals surface area contributed by atoms with Gasteiger partial charge >= 0.3 is 0 Å². The van der Waals surface area contributed by atoms with E-state index in [1.807, 2.05) is 60.0 Å². The third kappa shape index (κ3) is 3.29. The third-order valence-electron chi connectivity index (χ3n) is 4.82. The Morgan fingerprint density at radius 2 is 1.75 bits per heavy atom. The quantitative estimate of drug-likeness (QED) is 0.546. The maximum absolute atomic E-state index is 5.48. The molecule has 0 aliphatic carbocycles. The molecule has 6 nitrogen and oxygen atoms in total. The van der Waals surface area contributed by atoms with Crippen LogP contribution in [0.5, 0.6) is 5.75 Å². The second-order valence-electron chi connectivity index (χ2n) is 6.56. The highest BCUT2D eigenvalue weighted by Crippen LogP contribution is 2.25. The predicted molar refractivity (Wildman–Crippen MR) is 111 cm³/mol. The zero-order valence-corrected chi connectivity index (χ0v) is 16.3. The number of nitrogens with one attached hydrogen (secondary N) is 1. The lowest BCUT2D eigenvalue weighted by Crippen LogP contribution is -2.11. The van der Waals surface area contributed by atoms with Crippen molar-refractivity contribution >= 4 is 11.6 Å². The van der Waals surface area contributed by atoms with E-state index in [1.54, 1.807) is 7.11 Å². The van der Waals surface area contributed by atoms with Crippen LogP contribution in [0, 0.1) is 6.92 Å². The molecule has 0 aliphatic heterocycles. The summed E-state index contributed by atoms with van der Waals surface area (Å²) in [4.78, 5) is 9.31. The minimum atomic E-state index is 0.594. The molecule has 0 unspecified atom stereocenters. The fourth-order valence-corrected chi connectivity index (χ4v) is 3.39. The summed E-state index contributed by atoms with van der Waals surface area (Å²) in [6.45, 7) is 4.76. The summed E-state index contributed by atoms with van der Waals surface area (Å²) in [5, 5.41) is 8.28. The number of aryl methyl sites for hydroxylation is 1. The van der Waals surface area contributed by atoms with Gasteiger partial charge in [-0.3, -0.25) is 0 Å². The van der Waals surface area contributed by atoms with Gasteiger partial charge in [0.25, 0.3) is 5.78 Å². The lowest BCUT2D eigenvalue weighted by atomic mass is 10.1. The smallest absolute Gasteiger partial charge is 0.254 e. The molecule has 0 aliphatic rings. The van der Waals surface area contributed by atoms with Crippen LogP contribution in [-0.4, -0.2) is 26.7 Å². The van der Waals surface area contributed by atoms with Crippen LogP contribution < -0.4 is 10.1 Å². The van der Waals surface area contributed by atoms with Crippen LogP contribution in [0.4, 0.5) is 5.82 Å².